The highest BCUT2D eigenvalue weighted by molar-refractivity contribution is 6.33. The molecule has 0 aliphatic carbocycles. The van der Waals surface area contributed by atoms with Gasteiger partial charge in [0.05, 0.1) is 23.1 Å². The van der Waals surface area contributed by atoms with Crippen molar-refractivity contribution < 1.29 is 4.79 Å². The van der Waals surface area contributed by atoms with E-state index in [9.17, 15) is 4.79 Å². The zero-order valence-electron chi connectivity index (χ0n) is 13.3. The molecule has 0 saturated carbocycles. The number of para-hydroxylation sites is 1. The molecular formula is C18H14Cl2N4O. The number of hydrogen-bond acceptors (Lipinski definition) is 4. The third-order valence-corrected chi connectivity index (χ3v) is 4.03. The van der Waals surface area contributed by atoms with Crippen molar-refractivity contribution in [3.63, 3.8) is 0 Å². The van der Waals surface area contributed by atoms with Crippen LogP contribution in [0.1, 0.15) is 16.1 Å². The molecule has 3 aromatic rings. The molecule has 1 aromatic heterocycles. The number of halogens is 2. The fourth-order valence-electron chi connectivity index (χ4n) is 2.13. The van der Waals surface area contributed by atoms with Gasteiger partial charge in [0.25, 0.3) is 5.91 Å². The molecule has 3 rings (SSSR count). The van der Waals surface area contributed by atoms with Crippen LogP contribution in [0.3, 0.4) is 0 Å². The van der Waals surface area contributed by atoms with Gasteiger partial charge in [-0.2, -0.15) is 0 Å². The summed E-state index contributed by atoms with van der Waals surface area (Å²) in [5.74, 6) is 0.130. The predicted octanol–water partition coefficient (Wildman–Crippen LogP) is 5.09. The van der Waals surface area contributed by atoms with Gasteiger partial charge in [-0.3, -0.25) is 4.79 Å². The minimum Gasteiger partial charge on any atom is -0.339 e. The van der Waals surface area contributed by atoms with Gasteiger partial charge in [0.1, 0.15) is 11.5 Å². The summed E-state index contributed by atoms with van der Waals surface area (Å²) < 4.78 is 0. The van der Waals surface area contributed by atoms with E-state index >= 15 is 0 Å². The summed E-state index contributed by atoms with van der Waals surface area (Å²) >= 11 is 12.0. The van der Waals surface area contributed by atoms with Crippen molar-refractivity contribution in [3.8, 4) is 0 Å². The number of amides is 1. The molecule has 1 amide bonds. The van der Waals surface area contributed by atoms with Crippen molar-refractivity contribution in [2.24, 2.45) is 0 Å². The van der Waals surface area contributed by atoms with E-state index < -0.39 is 0 Å². The molecule has 0 unspecified atom stereocenters. The van der Waals surface area contributed by atoms with Gasteiger partial charge < -0.3 is 10.6 Å². The quantitative estimate of drug-likeness (QED) is 0.669. The van der Waals surface area contributed by atoms with Crippen molar-refractivity contribution in [1.29, 1.82) is 0 Å². The molecule has 5 nitrogen and oxygen atoms in total. The van der Waals surface area contributed by atoms with Crippen LogP contribution in [-0.4, -0.2) is 15.9 Å². The van der Waals surface area contributed by atoms with Crippen molar-refractivity contribution in [2.45, 2.75) is 6.92 Å². The average molecular weight is 373 g/mol. The number of aromatic nitrogens is 2. The molecule has 126 valence electrons. The maximum Gasteiger partial charge on any atom is 0.275 e. The highest BCUT2D eigenvalue weighted by atomic mass is 35.5. The van der Waals surface area contributed by atoms with Crippen LogP contribution in [0.25, 0.3) is 0 Å². The zero-order valence-corrected chi connectivity index (χ0v) is 14.8. The minimum absolute atomic E-state index is 0.188. The van der Waals surface area contributed by atoms with E-state index in [1.165, 1.54) is 12.4 Å². The second kappa shape index (κ2) is 7.51. The van der Waals surface area contributed by atoms with E-state index in [-0.39, 0.29) is 11.6 Å². The van der Waals surface area contributed by atoms with Crippen LogP contribution in [0.15, 0.2) is 54.9 Å². The number of benzene rings is 2. The summed E-state index contributed by atoms with van der Waals surface area (Å²) in [6.07, 6.45) is 2.89. The Morgan fingerprint density at radius 3 is 2.52 bits per heavy atom. The number of hydrogen-bond donors (Lipinski definition) is 2. The molecule has 0 aliphatic heterocycles. The smallest absolute Gasteiger partial charge is 0.275 e. The Labute approximate surface area is 155 Å². The van der Waals surface area contributed by atoms with Gasteiger partial charge in [-0.1, -0.05) is 41.4 Å². The van der Waals surface area contributed by atoms with Crippen LogP contribution in [0.5, 0.6) is 0 Å². The third kappa shape index (κ3) is 4.26. The van der Waals surface area contributed by atoms with Crippen molar-refractivity contribution in [2.75, 3.05) is 10.6 Å². The lowest BCUT2D eigenvalue weighted by Crippen LogP contribution is -2.14. The molecular weight excluding hydrogens is 359 g/mol. The lowest BCUT2D eigenvalue weighted by atomic mass is 10.2. The van der Waals surface area contributed by atoms with Crippen LogP contribution in [0.2, 0.25) is 10.0 Å². The Bertz CT molecular complexity index is 913. The Hall–Kier alpha value is -2.63. The van der Waals surface area contributed by atoms with Gasteiger partial charge in [-0.15, -0.1) is 0 Å². The first-order chi connectivity index (χ1) is 12.0. The Kier molecular flexibility index (Phi) is 5.16. The summed E-state index contributed by atoms with van der Waals surface area (Å²) in [4.78, 5) is 20.6. The van der Waals surface area contributed by atoms with Gasteiger partial charge in [0.15, 0.2) is 0 Å². The molecule has 7 heteroatoms. The first-order valence-electron chi connectivity index (χ1n) is 7.44. The second-order valence-corrected chi connectivity index (χ2v) is 6.15. The maximum atomic E-state index is 12.2. The zero-order chi connectivity index (χ0) is 17.8. The lowest BCUT2D eigenvalue weighted by molar-refractivity contribution is 0.102. The third-order valence-electron chi connectivity index (χ3n) is 3.47. The first-order valence-corrected chi connectivity index (χ1v) is 8.19. The number of aryl methyl sites for hydroxylation is 1. The Morgan fingerprint density at radius 1 is 1.00 bits per heavy atom. The number of anilines is 3. The number of rotatable bonds is 4. The highest BCUT2D eigenvalue weighted by Gasteiger charge is 2.10. The van der Waals surface area contributed by atoms with E-state index in [2.05, 4.69) is 20.6 Å². The maximum absolute atomic E-state index is 12.2. The minimum atomic E-state index is -0.383. The van der Waals surface area contributed by atoms with Crippen LogP contribution >= 0.6 is 23.2 Å². The predicted molar refractivity (Wildman–Crippen MR) is 101 cm³/mol. The van der Waals surface area contributed by atoms with Crippen LogP contribution < -0.4 is 10.6 Å². The summed E-state index contributed by atoms with van der Waals surface area (Å²) in [7, 11) is 0. The molecule has 0 atom stereocenters. The van der Waals surface area contributed by atoms with Crippen molar-refractivity contribution in [3.05, 3.63) is 76.2 Å². The van der Waals surface area contributed by atoms with Gasteiger partial charge in [0.2, 0.25) is 0 Å². The Morgan fingerprint density at radius 2 is 1.80 bits per heavy atom. The fourth-order valence-corrected chi connectivity index (χ4v) is 2.48. The monoisotopic (exact) mass is 372 g/mol. The van der Waals surface area contributed by atoms with E-state index in [0.29, 0.717) is 21.6 Å². The van der Waals surface area contributed by atoms with Gasteiger partial charge in [-0.05, 0) is 36.8 Å². The number of nitrogens with one attached hydrogen (secondary N) is 2. The SMILES string of the molecule is Cc1ccc(Cl)cc1Nc1cnc(C(=O)Nc2ccccc2Cl)cn1. The fraction of sp³-hybridized carbons (Fsp3) is 0.0556. The van der Waals surface area contributed by atoms with Crippen molar-refractivity contribution >= 4 is 46.3 Å². The van der Waals surface area contributed by atoms with Crippen LogP contribution in [-0.2, 0) is 0 Å². The van der Waals surface area contributed by atoms with Gasteiger partial charge >= 0.3 is 0 Å². The summed E-state index contributed by atoms with van der Waals surface area (Å²) in [6, 6.07) is 12.5. The average Bonchev–Trinajstić information content (AvgIpc) is 2.61. The standard InChI is InChI=1S/C18H14Cl2N4O/c1-11-6-7-12(19)8-15(11)23-17-10-21-16(9-22-17)18(25)24-14-5-3-2-4-13(14)20/h2-10H,1H3,(H,22,23)(H,24,25). The van der Waals surface area contributed by atoms with Gasteiger partial charge in [0, 0.05) is 10.7 Å². The van der Waals surface area contributed by atoms with E-state index in [1.54, 1.807) is 30.3 Å². The first kappa shape index (κ1) is 17.2. The summed E-state index contributed by atoms with van der Waals surface area (Å²) in [6.45, 7) is 1.96. The molecule has 0 bridgehead atoms. The molecule has 0 spiro atoms. The summed E-state index contributed by atoms with van der Waals surface area (Å²) in [5.41, 5.74) is 2.56. The normalized spacial score (nSPS) is 10.4. The molecule has 25 heavy (non-hydrogen) atoms. The van der Waals surface area contributed by atoms with Crippen molar-refractivity contribution in [1.82, 2.24) is 9.97 Å². The molecule has 2 aromatic carbocycles. The molecule has 0 aliphatic rings. The number of carbonyl (C=O) groups is 1. The topological polar surface area (TPSA) is 66.9 Å². The number of nitrogens with zero attached hydrogens (tertiary/aromatic N) is 2. The van der Waals surface area contributed by atoms with Crippen LogP contribution in [0, 0.1) is 6.92 Å². The van der Waals surface area contributed by atoms with E-state index in [0.717, 1.165) is 11.3 Å². The Balaban J connectivity index is 1.72. The van der Waals surface area contributed by atoms with E-state index in [1.807, 2.05) is 19.1 Å². The highest BCUT2D eigenvalue weighted by Crippen LogP contribution is 2.23. The second-order valence-electron chi connectivity index (χ2n) is 5.31. The molecule has 0 radical (unpaired) electrons. The number of carbonyl (C=O) groups excluding carboxylic acids is 1. The molecule has 1 heterocycles. The lowest BCUT2D eigenvalue weighted by Gasteiger charge is -2.10. The largest absolute Gasteiger partial charge is 0.339 e. The summed E-state index contributed by atoms with van der Waals surface area (Å²) in [5, 5.41) is 6.91. The van der Waals surface area contributed by atoms with Crippen LogP contribution in [0.4, 0.5) is 17.2 Å². The molecule has 0 saturated heterocycles. The van der Waals surface area contributed by atoms with Gasteiger partial charge in [-0.25, -0.2) is 9.97 Å². The molecule has 2 N–H and O–H groups in total. The molecule has 0 fully saturated rings. The van der Waals surface area contributed by atoms with E-state index in [4.69, 9.17) is 23.2 Å².